The van der Waals surface area contributed by atoms with Crippen LogP contribution in [0.4, 0.5) is 0 Å². The molecule has 62 valence electrons. The number of carboxylic acids is 1. The topological polar surface area (TPSA) is 83.5 Å². The van der Waals surface area contributed by atoms with E-state index in [0.29, 0.717) is 0 Å². The lowest BCUT2D eigenvalue weighted by atomic mass is 10.1. The molecule has 0 spiro atoms. The maximum Gasteiger partial charge on any atom is 0.320 e. The van der Waals surface area contributed by atoms with Gasteiger partial charge in [0.25, 0.3) is 0 Å². The van der Waals surface area contributed by atoms with Gasteiger partial charge in [0.15, 0.2) is 0 Å². The minimum absolute atomic E-state index is 0. The van der Waals surface area contributed by atoms with E-state index in [1.54, 1.807) is 6.92 Å². The van der Waals surface area contributed by atoms with Crippen molar-refractivity contribution in [1.29, 1.82) is 0 Å². The Morgan fingerprint density at radius 3 is 2.20 bits per heavy atom. The van der Waals surface area contributed by atoms with Crippen LogP contribution in [0.25, 0.3) is 0 Å². The van der Waals surface area contributed by atoms with Crippen LogP contribution in [0, 0.1) is 5.92 Å². The summed E-state index contributed by atoms with van der Waals surface area (Å²) in [6, 6.07) is -0.949. The zero-order valence-electron chi connectivity index (χ0n) is 5.65. The van der Waals surface area contributed by atoms with Gasteiger partial charge >= 0.3 is 5.97 Å². The van der Waals surface area contributed by atoms with Crippen molar-refractivity contribution in [3.63, 3.8) is 0 Å². The van der Waals surface area contributed by atoms with Crippen molar-refractivity contribution in [2.75, 3.05) is 6.61 Å². The van der Waals surface area contributed by atoms with Gasteiger partial charge in [0.1, 0.15) is 6.04 Å². The van der Waals surface area contributed by atoms with E-state index in [1.807, 2.05) is 0 Å². The van der Waals surface area contributed by atoms with Gasteiger partial charge in [0, 0.05) is 12.5 Å². The van der Waals surface area contributed by atoms with Gasteiger partial charge in [0.05, 0.1) is 0 Å². The van der Waals surface area contributed by atoms with Crippen molar-refractivity contribution in [3.05, 3.63) is 0 Å². The normalized spacial score (nSPS) is 15.1. The fraction of sp³-hybridized carbons (Fsp3) is 0.800. The molecule has 0 saturated heterocycles. The summed E-state index contributed by atoms with van der Waals surface area (Å²) in [7, 11) is 0. The number of carboxylic acid groups (broad SMARTS) is 1. The van der Waals surface area contributed by atoms with Gasteiger partial charge in [-0.1, -0.05) is 6.92 Å². The summed E-state index contributed by atoms with van der Waals surface area (Å²) in [5.41, 5.74) is 5.11. The first-order chi connectivity index (χ1) is 4.09. The van der Waals surface area contributed by atoms with Crippen LogP contribution >= 0.6 is 12.4 Å². The van der Waals surface area contributed by atoms with E-state index in [0.717, 1.165) is 0 Å². The average Bonchev–Trinajstić information content (AvgIpc) is 1.84. The molecule has 0 aliphatic heterocycles. The Kier molecular flexibility index (Phi) is 6.76. The standard InChI is InChI=1S/C5H11NO3.ClH/c1-3(2-7)4(6)5(8)9;/h3-4,7H,2,6H2,1H3,(H,8,9);1H/t3-,4+;/m0./s1. The SMILES string of the molecule is C[C@@H](CO)[C@@H](N)C(=O)O.Cl. The second-order valence-electron chi connectivity index (χ2n) is 2.02. The molecule has 0 fully saturated rings. The third kappa shape index (κ3) is 3.66. The molecule has 0 aliphatic rings. The van der Waals surface area contributed by atoms with Gasteiger partial charge in [-0.3, -0.25) is 4.79 Å². The van der Waals surface area contributed by atoms with Crippen molar-refractivity contribution in [1.82, 2.24) is 0 Å². The smallest absolute Gasteiger partial charge is 0.320 e. The first-order valence-electron chi connectivity index (χ1n) is 2.68. The van der Waals surface area contributed by atoms with Crippen LogP contribution in [0.5, 0.6) is 0 Å². The van der Waals surface area contributed by atoms with Gasteiger partial charge in [0.2, 0.25) is 0 Å². The monoisotopic (exact) mass is 169 g/mol. The molecule has 0 aromatic rings. The summed E-state index contributed by atoms with van der Waals surface area (Å²) < 4.78 is 0. The van der Waals surface area contributed by atoms with E-state index in [1.165, 1.54) is 0 Å². The van der Waals surface area contributed by atoms with E-state index in [4.69, 9.17) is 15.9 Å². The number of rotatable bonds is 3. The van der Waals surface area contributed by atoms with Crippen LogP contribution in [-0.4, -0.2) is 28.8 Å². The largest absolute Gasteiger partial charge is 0.480 e. The van der Waals surface area contributed by atoms with Crippen molar-refractivity contribution in [3.8, 4) is 0 Å². The number of halogens is 1. The molecule has 0 bridgehead atoms. The molecular weight excluding hydrogens is 158 g/mol. The summed E-state index contributed by atoms with van der Waals surface area (Å²) in [5.74, 6) is -1.45. The number of carbonyl (C=O) groups is 1. The first-order valence-corrected chi connectivity index (χ1v) is 2.68. The molecule has 0 aromatic heterocycles. The minimum atomic E-state index is -1.07. The Morgan fingerprint density at radius 2 is 2.10 bits per heavy atom. The Morgan fingerprint density at radius 1 is 1.70 bits per heavy atom. The molecule has 0 unspecified atom stereocenters. The fourth-order valence-corrected chi connectivity index (χ4v) is 0.357. The summed E-state index contributed by atoms with van der Waals surface area (Å²) >= 11 is 0. The lowest BCUT2D eigenvalue weighted by Gasteiger charge is -2.11. The number of hydrogen-bond acceptors (Lipinski definition) is 3. The summed E-state index contributed by atoms with van der Waals surface area (Å²) in [4.78, 5) is 10.1. The van der Waals surface area contributed by atoms with Crippen LogP contribution < -0.4 is 5.73 Å². The van der Waals surface area contributed by atoms with E-state index < -0.39 is 12.0 Å². The van der Waals surface area contributed by atoms with E-state index in [-0.39, 0.29) is 24.9 Å². The second kappa shape index (κ2) is 5.46. The van der Waals surface area contributed by atoms with Crippen LogP contribution in [-0.2, 0) is 4.79 Å². The summed E-state index contributed by atoms with van der Waals surface area (Å²) in [6.07, 6.45) is 0. The maximum atomic E-state index is 10.1. The summed E-state index contributed by atoms with van der Waals surface area (Å²) in [5, 5.41) is 16.7. The molecule has 2 atom stereocenters. The van der Waals surface area contributed by atoms with Gasteiger partial charge in [-0.15, -0.1) is 12.4 Å². The quantitative estimate of drug-likeness (QED) is 0.529. The number of hydrogen-bond donors (Lipinski definition) is 3. The van der Waals surface area contributed by atoms with Crippen molar-refractivity contribution in [2.24, 2.45) is 11.7 Å². The molecule has 10 heavy (non-hydrogen) atoms. The van der Waals surface area contributed by atoms with E-state index in [9.17, 15) is 4.79 Å². The van der Waals surface area contributed by atoms with Crippen molar-refractivity contribution >= 4 is 18.4 Å². The first kappa shape index (κ1) is 12.4. The van der Waals surface area contributed by atoms with Crippen molar-refractivity contribution < 1.29 is 15.0 Å². The predicted octanol–water partition coefficient (Wildman–Crippen LogP) is -0.551. The molecule has 0 amide bonds. The van der Waals surface area contributed by atoms with E-state index in [2.05, 4.69) is 0 Å². The molecular formula is C5H12ClNO3. The number of nitrogens with two attached hydrogens (primary N) is 1. The zero-order valence-corrected chi connectivity index (χ0v) is 6.47. The minimum Gasteiger partial charge on any atom is -0.480 e. The molecule has 0 aromatic carbocycles. The Bertz CT molecular complexity index is 109. The lowest BCUT2D eigenvalue weighted by Crippen LogP contribution is -2.38. The highest BCUT2D eigenvalue weighted by Gasteiger charge is 2.18. The van der Waals surface area contributed by atoms with Gasteiger partial charge in [-0.25, -0.2) is 0 Å². The Balaban J connectivity index is 0. The molecule has 0 rings (SSSR count). The molecule has 4 N–H and O–H groups in total. The van der Waals surface area contributed by atoms with Crippen LogP contribution in [0.15, 0.2) is 0 Å². The lowest BCUT2D eigenvalue weighted by molar-refractivity contribution is -0.140. The number of aliphatic carboxylic acids is 1. The molecule has 5 heteroatoms. The average molecular weight is 170 g/mol. The van der Waals surface area contributed by atoms with Crippen LogP contribution in [0.3, 0.4) is 0 Å². The Hall–Kier alpha value is -0.320. The molecule has 0 aliphatic carbocycles. The summed E-state index contributed by atoms with van der Waals surface area (Å²) in [6.45, 7) is 1.40. The predicted molar refractivity (Wildman–Crippen MR) is 39.1 cm³/mol. The number of aliphatic hydroxyl groups excluding tert-OH is 1. The second-order valence-corrected chi connectivity index (χ2v) is 2.02. The van der Waals surface area contributed by atoms with Gasteiger partial charge in [-0.2, -0.15) is 0 Å². The molecule has 0 heterocycles. The molecule has 0 saturated carbocycles. The van der Waals surface area contributed by atoms with Crippen LogP contribution in [0.1, 0.15) is 6.92 Å². The van der Waals surface area contributed by atoms with Gasteiger partial charge < -0.3 is 15.9 Å². The highest BCUT2D eigenvalue weighted by atomic mass is 35.5. The molecule has 4 nitrogen and oxygen atoms in total. The molecule has 0 radical (unpaired) electrons. The third-order valence-electron chi connectivity index (χ3n) is 1.19. The maximum absolute atomic E-state index is 10.1. The van der Waals surface area contributed by atoms with Gasteiger partial charge in [-0.05, 0) is 0 Å². The highest BCUT2D eigenvalue weighted by Crippen LogP contribution is 1.97. The van der Waals surface area contributed by atoms with Crippen LogP contribution in [0.2, 0.25) is 0 Å². The fourth-order valence-electron chi connectivity index (χ4n) is 0.357. The van der Waals surface area contributed by atoms with E-state index >= 15 is 0 Å². The highest BCUT2D eigenvalue weighted by molar-refractivity contribution is 5.85. The zero-order chi connectivity index (χ0) is 7.44. The number of aliphatic hydroxyl groups is 1. The third-order valence-corrected chi connectivity index (χ3v) is 1.19. The van der Waals surface area contributed by atoms with Crippen molar-refractivity contribution in [2.45, 2.75) is 13.0 Å². The Labute approximate surface area is 65.4 Å².